The fourth-order valence-electron chi connectivity index (χ4n) is 1.19. The normalized spacial score (nSPS) is 11.3. The van der Waals surface area contributed by atoms with Crippen LogP contribution in [0.1, 0.15) is 6.42 Å². The molecule has 0 aliphatic carbocycles. The molecule has 4 N–H and O–H groups in total. The van der Waals surface area contributed by atoms with Crippen molar-refractivity contribution in [2.75, 3.05) is 24.8 Å². The summed E-state index contributed by atoms with van der Waals surface area (Å²) in [6, 6.07) is -2.17. The quantitative estimate of drug-likeness (QED) is 0.299. The number of nitroso groups, excluding NO2 is 1. The predicted octanol–water partition coefficient (Wildman–Crippen LogP) is -0.483. The Morgan fingerprint density at radius 2 is 1.90 bits per heavy atom. The number of primary amides is 1. The lowest BCUT2D eigenvalue weighted by Gasteiger charge is -2.19. The number of urea groups is 1. The van der Waals surface area contributed by atoms with Gasteiger partial charge in [-0.05, 0) is 0 Å². The Kier molecular flexibility index (Phi) is 9.39. The van der Waals surface area contributed by atoms with Gasteiger partial charge in [-0.1, -0.05) is 0 Å². The summed E-state index contributed by atoms with van der Waals surface area (Å²) in [7, 11) is 0. The zero-order valence-corrected chi connectivity index (χ0v) is 12.0. The second-order valence-electron chi connectivity index (χ2n) is 3.55. The minimum absolute atomic E-state index is 0.0158. The first-order valence-electron chi connectivity index (χ1n) is 5.55. The van der Waals surface area contributed by atoms with E-state index in [0.717, 1.165) is 0 Å². The van der Waals surface area contributed by atoms with Gasteiger partial charge in [0, 0.05) is 18.3 Å². The van der Waals surface area contributed by atoms with Crippen molar-refractivity contribution in [1.82, 2.24) is 15.6 Å². The second-order valence-corrected chi connectivity index (χ2v) is 4.30. The van der Waals surface area contributed by atoms with E-state index in [2.05, 4.69) is 15.9 Å². The Morgan fingerprint density at radius 1 is 1.25 bits per heavy atom. The summed E-state index contributed by atoms with van der Waals surface area (Å²) in [6.07, 6.45) is -0.423. The van der Waals surface area contributed by atoms with E-state index >= 15 is 0 Å². The standard InChI is InChI=1S/C9H15Cl2N5O4/c10-1-3-13-8(18)6(5-7(12)17)14-9(19)16(15-20)4-2-11/h6H,1-5H2,(H2,12,17)(H,13,18)(H,14,19). The van der Waals surface area contributed by atoms with Gasteiger partial charge in [0.2, 0.25) is 11.8 Å². The van der Waals surface area contributed by atoms with Crippen LogP contribution in [0.25, 0.3) is 0 Å². The Labute approximate surface area is 125 Å². The van der Waals surface area contributed by atoms with E-state index in [4.69, 9.17) is 28.9 Å². The minimum Gasteiger partial charge on any atom is -0.370 e. The van der Waals surface area contributed by atoms with Gasteiger partial charge in [0.15, 0.2) is 0 Å². The average molecular weight is 328 g/mol. The predicted molar refractivity (Wildman–Crippen MR) is 73.1 cm³/mol. The van der Waals surface area contributed by atoms with Gasteiger partial charge < -0.3 is 16.4 Å². The molecular weight excluding hydrogens is 313 g/mol. The topological polar surface area (TPSA) is 134 Å². The maximum absolute atomic E-state index is 11.7. The molecule has 0 radical (unpaired) electrons. The Bertz CT molecular complexity index is 368. The van der Waals surface area contributed by atoms with Crippen LogP contribution in [0.4, 0.5) is 4.79 Å². The number of amides is 4. The molecule has 0 saturated carbocycles. The first kappa shape index (κ1) is 18.4. The molecule has 0 aromatic carbocycles. The number of carbonyl (C=O) groups excluding carboxylic acids is 3. The van der Waals surface area contributed by atoms with E-state index in [1.54, 1.807) is 0 Å². The van der Waals surface area contributed by atoms with Crippen molar-refractivity contribution in [3.05, 3.63) is 4.91 Å². The largest absolute Gasteiger partial charge is 0.370 e. The first-order valence-corrected chi connectivity index (χ1v) is 6.62. The number of alkyl halides is 2. The summed E-state index contributed by atoms with van der Waals surface area (Å²) >= 11 is 10.8. The fraction of sp³-hybridized carbons (Fsp3) is 0.667. The molecule has 0 spiro atoms. The van der Waals surface area contributed by atoms with Crippen molar-refractivity contribution in [3.8, 4) is 0 Å². The maximum Gasteiger partial charge on any atom is 0.341 e. The molecule has 0 saturated heterocycles. The number of nitrogens with two attached hydrogens (primary N) is 1. The van der Waals surface area contributed by atoms with Crippen molar-refractivity contribution in [3.63, 3.8) is 0 Å². The van der Waals surface area contributed by atoms with Gasteiger partial charge in [-0.25, -0.2) is 4.79 Å². The average Bonchev–Trinajstić information content (AvgIpc) is 2.40. The van der Waals surface area contributed by atoms with Gasteiger partial charge in [-0.15, -0.1) is 28.1 Å². The van der Waals surface area contributed by atoms with Crippen LogP contribution in [0.15, 0.2) is 5.29 Å². The lowest BCUT2D eigenvalue weighted by Crippen LogP contribution is -2.52. The molecule has 114 valence electrons. The molecule has 20 heavy (non-hydrogen) atoms. The van der Waals surface area contributed by atoms with Crippen LogP contribution < -0.4 is 16.4 Å². The van der Waals surface area contributed by atoms with Crippen LogP contribution in [0.5, 0.6) is 0 Å². The van der Waals surface area contributed by atoms with Crippen LogP contribution in [0.2, 0.25) is 0 Å². The van der Waals surface area contributed by atoms with Crippen molar-refractivity contribution in [1.29, 1.82) is 0 Å². The number of rotatable bonds is 9. The van der Waals surface area contributed by atoms with Crippen molar-refractivity contribution < 1.29 is 14.4 Å². The number of halogens is 2. The molecule has 0 bridgehead atoms. The molecule has 4 amide bonds. The van der Waals surface area contributed by atoms with E-state index in [0.29, 0.717) is 5.01 Å². The zero-order valence-electron chi connectivity index (χ0n) is 10.5. The highest BCUT2D eigenvalue weighted by Gasteiger charge is 2.25. The number of carbonyl (C=O) groups is 3. The number of hydrogen-bond donors (Lipinski definition) is 3. The molecule has 0 aliphatic heterocycles. The Balaban J connectivity index is 4.70. The van der Waals surface area contributed by atoms with E-state index in [-0.39, 0.29) is 24.8 Å². The van der Waals surface area contributed by atoms with Crippen LogP contribution >= 0.6 is 23.2 Å². The van der Waals surface area contributed by atoms with Crippen molar-refractivity contribution >= 4 is 41.0 Å². The lowest BCUT2D eigenvalue weighted by atomic mass is 10.2. The maximum atomic E-state index is 11.7. The van der Waals surface area contributed by atoms with Gasteiger partial charge >= 0.3 is 6.03 Å². The van der Waals surface area contributed by atoms with E-state index < -0.39 is 30.3 Å². The molecule has 0 aliphatic rings. The fourth-order valence-corrected chi connectivity index (χ4v) is 1.44. The van der Waals surface area contributed by atoms with Gasteiger partial charge in [0.1, 0.15) is 6.04 Å². The van der Waals surface area contributed by atoms with Crippen LogP contribution in [-0.4, -0.2) is 53.7 Å². The van der Waals surface area contributed by atoms with Crippen molar-refractivity contribution in [2.45, 2.75) is 12.5 Å². The van der Waals surface area contributed by atoms with Crippen LogP contribution in [0, 0.1) is 4.91 Å². The molecule has 11 heteroatoms. The summed E-state index contributed by atoms with van der Waals surface area (Å²) in [5.41, 5.74) is 4.99. The molecule has 1 atom stereocenters. The molecule has 0 rings (SSSR count). The van der Waals surface area contributed by atoms with E-state index in [9.17, 15) is 19.3 Å². The monoisotopic (exact) mass is 327 g/mol. The summed E-state index contributed by atoms with van der Waals surface area (Å²) in [4.78, 5) is 44.6. The number of nitrogens with one attached hydrogen (secondary N) is 2. The van der Waals surface area contributed by atoms with Crippen LogP contribution in [0.3, 0.4) is 0 Å². The third-order valence-electron chi connectivity index (χ3n) is 2.04. The third kappa shape index (κ3) is 7.10. The summed E-state index contributed by atoms with van der Waals surface area (Å²) in [5.74, 6) is -1.29. The highest BCUT2D eigenvalue weighted by molar-refractivity contribution is 6.18. The number of nitrogens with zero attached hydrogens (tertiary/aromatic N) is 2. The van der Waals surface area contributed by atoms with Gasteiger partial charge in [0.05, 0.1) is 18.3 Å². The molecule has 1 unspecified atom stereocenters. The molecular formula is C9H15Cl2N5O4. The Hall–Kier alpha value is -1.61. The Morgan fingerprint density at radius 3 is 2.35 bits per heavy atom. The molecule has 0 aromatic rings. The first-order chi connectivity index (χ1) is 9.46. The summed E-state index contributed by atoms with van der Waals surface area (Å²) in [5, 5.41) is 7.50. The minimum atomic E-state index is -1.22. The highest BCUT2D eigenvalue weighted by Crippen LogP contribution is 1.98. The summed E-state index contributed by atoms with van der Waals surface area (Å²) < 4.78 is 0. The van der Waals surface area contributed by atoms with Crippen molar-refractivity contribution in [2.24, 2.45) is 11.0 Å². The van der Waals surface area contributed by atoms with E-state index in [1.807, 2.05) is 0 Å². The molecule has 0 heterocycles. The van der Waals surface area contributed by atoms with Gasteiger partial charge in [-0.3, -0.25) is 9.59 Å². The number of hydrogen-bond acceptors (Lipinski definition) is 5. The summed E-state index contributed by atoms with van der Waals surface area (Å²) in [6.45, 7) is 0.0202. The smallest absolute Gasteiger partial charge is 0.341 e. The highest BCUT2D eigenvalue weighted by atomic mass is 35.5. The molecule has 9 nitrogen and oxygen atoms in total. The third-order valence-corrected chi connectivity index (χ3v) is 2.40. The second kappa shape index (κ2) is 10.2. The lowest BCUT2D eigenvalue weighted by molar-refractivity contribution is -0.126. The molecule has 0 fully saturated rings. The van der Waals surface area contributed by atoms with Gasteiger partial charge in [0.25, 0.3) is 0 Å². The van der Waals surface area contributed by atoms with E-state index in [1.165, 1.54) is 0 Å². The SMILES string of the molecule is NC(=O)CC(NC(=O)N(CCCl)N=O)C(=O)NCCCl. The zero-order chi connectivity index (χ0) is 15.5. The molecule has 0 aromatic heterocycles. The van der Waals surface area contributed by atoms with Crippen LogP contribution in [-0.2, 0) is 9.59 Å². The van der Waals surface area contributed by atoms with Gasteiger partial charge in [-0.2, -0.15) is 5.01 Å².